The monoisotopic (exact) mass is 352 g/mol. The molecule has 1 atom stereocenters. The van der Waals surface area contributed by atoms with E-state index in [1.165, 1.54) is 0 Å². The van der Waals surface area contributed by atoms with Crippen LogP contribution in [0.4, 0.5) is 4.79 Å². The van der Waals surface area contributed by atoms with Gasteiger partial charge < -0.3 is 14.9 Å². The van der Waals surface area contributed by atoms with Crippen LogP contribution in [0.15, 0.2) is 65.8 Å². The standard InChI is InChI=1S/C20H20N2O4/c23-15-20(11-16-7-3-1-4-8-16)12-18(22-26-20)13-21-19(24)25-14-17-9-5-2-6-10-17/h1-10,15H,11-14H2,(H,21,24). The molecule has 1 aliphatic heterocycles. The van der Waals surface area contributed by atoms with Crippen LogP contribution in [0.5, 0.6) is 0 Å². The number of nitrogens with one attached hydrogen (secondary N) is 1. The number of rotatable bonds is 7. The number of hydrogen-bond donors (Lipinski definition) is 1. The summed E-state index contributed by atoms with van der Waals surface area (Å²) in [6.45, 7) is 0.375. The average Bonchev–Trinajstić information content (AvgIpc) is 3.10. The highest BCUT2D eigenvalue weighted by Crippen LogP contribution is 2.26. The zero-order valence-corrected chi connectivity index (χ0v) is 14.3. The smallest absolute Gasteiger partial charge is 0.407 e. The van der Waals surface area contributed by atoms with Gasteiger partial charge in [0.2, 0.25) is 5.60 Å². The van der Waals surface area contributed by atoms with Crippen LogP contribution < -0.4 is 5.32 Å². The Morgan fingerprint density at radius 2 is 1.77 bits per heavy atom. The van der Waals surface area contributed by atoms with E-state index in [-0.39, 0.29) is 13.2 Å². The van der Waals surface area contributed by atoms with E-state index in [2.05, 4.69) is 10.5 Å². The van der Waals surface area contributed by atoms with Crippen molar-refractivity contribution in [3.8, 4) is 0 Å². The number of carbonyl (C=O) groups excluding carboxylic acids is 2. The molecule has 2 aromatic carbocycles. The van der Waals surface area contributed by atoms with E-state index in [1.807, 2.05) is 60.7 Å². The Labute approximate surface area is 151 Å². The van der Waals surface area contributed by atoms with Crippen LogP contribution in [0.2, 0.25) is 0 Å². The van der Waals surface area contributed by atoms with Crippen LogP contribution >= 0.6 is 0 Å². The summed E-state index contributed by atoms with van der Waals surface area (Å²) in [5, 5.41) is 6.59. The van der Waals surface area contributed by atoms with Crippen molar-refractivity contribution in [2.24, 2.45) is 5.16 Å². The summed E-state index contributed by atoms with van der Waals surface area (Å²) in [5.74, 6) is 0. The molecule has 0 aromatic heterocycles. The maximum atomic E-state index is 11.8. The number of ether oxygens (including phenoxy) is 1. The fraction of sp³-hybridized carbons (Fsp3) is 0.250. The second-order valence-electron chi connectivity index (χ2n) is 6.19. The second-order valence-corrected chi connectivity index (χ2v) is 6.19. The predicted molar refractivity (Wildman–Crippen MR) is 96.7 cm³/mol. The topological polar surface area (TPSA) is 77.0 Å². The van der Waals surface area contributed by atoms with Crippen molar-refractivity contribution in [2.75, 3.05) is 6.54 Å². The SMILES string of the molecule is O=CC1(Cc2ccccc2)CC(CNC(=O)OCc2ccccc2)=NO1. The lowest BCUT2D eigenvalue weighted by Crippen LogP contribution is -2.36. The molecule has 134 valence electrons. The molecule has 2 aromatic rings. The zero-order valence-electron chi connectivity index (χ0n) is 14.3. The maximum absolute atomic E-state index is 11.8. The van der Waals surface area contributed by atoms with E-state index in [0.29, 0.717) is 18.6 Å². The Bertz CT molecular complexity index is 777. The first-order chi connectivity index (χ1) is 12.7. The summed E-state index contributed by atoms with van der Waals surface area (Å²) in [6, 6.07) is 19.0. The minimum Gasteiger partial charge on any atom is -0.445 e. The molecular formula is C20H20N2O4. The van der Waals surface area contributed by atoms with Crippen molar-refractivity contribution in [2.45, 2.75) is 25.0 Å². The number of amides is 1. The Balaban J connectivity index is 1.46. The van der Waals surface area contributed by atoms with Crippen molar-refractivity contribution < 1.29 is 19.2 Å². The highest BCUT2D eigenvalue weighted by molar-refractivity contribution is 5.93. The number of oxime groups is 1. The average molecular weight is 352 g/mol. The van der Waals surface area contributed by atoms with Crippen LogP contribution in [0.25, 0.3) is 0 Å². The van der Waals surface area contributed by atoms with E-state index in [4.69, 9.17) is 9.57 Å². The lowest BCUT2D eigenvalue weighted by molar-refractivity contribution is -0.127. The van der Waals surface area contributed by atoms with E-state index in [9.17, 15) is 9.59 Å². The van der Waals surface area contributed by atoms with Crippen molar-refractivity contribution in [1.82, 2.24) is 5.32 Å². The fourth-order valence-electron chi connectivity index (χ4n) is 2.75. The largest absolute Gasteiger partial charge is 0.445 e. The summed E-state index contributed by atoms with van der Waals surface area (Å²) in [5.41, 5.74) is 1.50. The van der Waals surface area contributed by atoms with Gasteiger partial charge in [-0.1, -0.05) is 65.8 Å². The summed E-state index contributed by atoms with van der Waals surface area (Å²) in [6.07, 6.45) is 1.01. The van der Waals surface area contributed by atoms with E-state index in [0.717, 1.165) is 17.4 Å². The predicted octanol–water partition coefficient (Wildman–Crippen LogP) is 2.87. The molecule has 0 saturated carbocycles. The third-order valence-corrected chi connectivity index (χ3v) is 4.07. The van der Waals surface area contributed by atoms with Gasteiger partial charge in [-0.15, -0.1) is 0 Å². The summed E-state index contributed by atoms with van der Waals surface area (Å²) < 4.78 is 5.15. The van der Waals surface area contributed by atoms with Crippen molar-refractivity contribution in [1.29, 1.82) is 0 Å². The molecule has 0 fully saturated rings. The van der Waals surface area contributed by atoms with Crippen molar-refractivity contribution in [3.05, 3.63) is 71.8 Å². The summed E-state index contributed by atoms with van der Waals surface area (Å²) >= 11 is 0. The maximum Gasteiger partial charge on any atom is 0.407 e. The van der Waals surface area contributed by atoms with Gasteiger partial charge in [0, 0.05) is 12.8 Å². The van der Waals surface area contributed by atoms with Gasteiger partial charge in [0.05, 0.1) is 12.3 Å². The first kappa shape index (κ1) is 17.7. The zero-order chi connectivity index (χ0) is 18.2. The van der Waals surface area contributed by atoms with Gasteiger partial charge in [0.25, 0.3) is 0 Å². The minimum atomic E-state index is -1.01. The molecule has 0 bridgehead atoms. The van der Waals surface area contributed by atoms with E-state index >= 15 is 0 Å². The summed E-state index contributed by atoms with van der Waals surface area (Å²) in [7, 11) is 0. The third kappa shape index (κ3) is 4.69. The molecule has 0 radical (unpaired) electrons. The highest BCUT2D eigenvalue weighted by atomic mass is 16.7. The van der Waals surface area contributed by atoms with Crippen molar-refractivity contribution >= 4 is 18.1 Å². The van der Waals surface area contributed by atoms with Crippen LogP contribution in [-0.2, 0) is 27.4 Å². The van der Waals surface area contributed by atoms with Gasteiger partial charge in [0.15, 0.2) is 6.29 Å². The Hall–Kier alpha value is -3.15. The molecule has 26 heavy (non-hydrogen) atoms. The second kappa shape index (κ2) is 8.29. The number of nitrogens with zero attached hydrogens (tertiary/aromatic N) is 1. The minimum absolute atomic E-state index is 0.179. The van der Waals surface area contributed by atoms with Gasteiger partial charge in [-0.2, -0.15) is 0 Å². The normalized spacial score (nSPS) is 18.5. The number of carbonyl (C=O) groups is 2. The molecule has 1 heterocycles. The third-order valence-electron chi connectivity index (χ3n) is 4.07. The lowest BCUT2D eigenvalue weighted by atomic mass is 9.91. The van der Waals surface area contributed by atoms with Crippen LogP contribution in [0.3, 0.4) is 0 Å². The molecule has 1 N–H and O–H groups in total. The first-order valence-corrected chi connectivity index (χ1v) is 8.38. The van der Waals surface area contributed by atoms with Crippen LogP contribution in [0.1, 0.15) is 17.5 Å². The van der Waals surface area contributed by atoms with E-state index < -0.39 is 11.7 Å². The lowest BCUT2D eigenvalue weighted by Gasteiger charge is -2.19. The van der Waals surface area contributed by atoms with Gasteiger partial charge in [-0.05, 0) is 11.1 Å². The molecule has 6 nitrogen and oxygen atoms in total. The molecule has 1 unspecified atom stereocenters. The van der Waals surface area contributed by atoms with Crippen molar-refractivity contribution in [3.63, 3.8) is 0 Å². The molecule has 3 rings (SSSR count). The number of hydrogen-bond acceptors (Lipinski definition) is 5. The molecule has 0 spiro atoms. The highest BCUT2D eigenvalue weighted by Gasteiger charge is 2.39. The number of alkyl carbamates (subject to hydrolysis) is 1. The molecule has 0 saturated heterocycles. The van der Waals surface area contributed by atoms with E-state index in [1.54, 1.807) is 0 Å². The fourth-order valence-corrected chi connectivity index (χ4v) is 2.75. The van der Waals surface area contributed by atoms with Crippen LogP contribution in [0, 0.1) is 0 Å². The van der Waals surface area contributed by atoms with Gasteiger partial charge >= 0.3 is 6.09 Å². The molecule has 6 heteroatoms. The quantitative estimate of drug-likeness (QED) is 0.778. The van der Waals surface area contributed by atoms with Gasteiger partial charge in [-0.3, -0.25) is 4.79 Å². The number of benzene rings is 2. The Morgan fingerprint density at radius 1 is 1.12 bits per heavy atom. The molecular weight excluding hydrogens is 332 g/mol. The first-order valence-electron chi connectivity index (χ1n) is 8.38. The number of aldehydes is 1. The molecule has 1 aliphatic rings. The molecule has 1 amide bonds. The van der Waals surface area contributed by atoms with Gasteiger partial charge in [0.1, 0.15) is 6.61 Å². The van der Waals surface area contributed by atoms with Crippen LogP contribution in [-0.4, -0.2) is 30.2 Å². The molecule has 0 aliphatic carbocycles. The summed E-state index contributed by atoms with van der Waals surface area (Å²) in [4.78, 5) is 28.8. The van der Waals surface area contributed by atoms with Gasteiger partial charge in [-0.25, -0.2) is 4.79 Å². The Morgan fingerprint density at radius 3 is 2.42 bits per heavy atom. The Kier molecular flexibility index (Phi) is 5.63.